The second-order valence-corrected chi connectivity index (χ2v) is 9.32. The number of hydrogen-bond acceptors (Lipinski definition) is 8. The quantitative estimate of drug-likeness (QED) is 0.580. The molecule has 1 amide bonds. The third kappa shape index (κ3) is 5.42. The van der Waals surface area contributed by atoms with E-state index in [0.717, 1.165) is 37.4 Å². The molecular formula is C24H32N6O2S. The van der Waals surface area contributed by atoms with Crippen LogP contribution in [0.3, 0.4) is 0 Å². The zero-order valence-electron chi connectivity index (χ0n) is 19.5. The lowest BCUT2D eigenvalue weighted by Gasteiger charge is -2.26. The van der Waals surface area contributed by atoms with E-state index in [2.05, 4.69) is 32.1 Å². The Morgan fingerprint density at radius 3 is 2.97 bits per heavy atom. The van der Waals surface area contributed by atoms with Gasteiger partial charge in [0.25, 0.3) is 5.91 Å². The largest absolute Gasteiger partial charge is 0.489 e. The zero-order chi connectivity index (χ0) is 23.2. The average molecular weight is 469 g/mol. The number of ether oxygens (including phenoxy) is 1. The van der Waals surface area contributed by atoms with Gasteiger partial charge in [-0.3, -0.25) is 4.79 Å². The van der Waals surface area contributed by atoms with Crippen LogP contribution in [0.5, 0.6) is 5.75 Å². The Labute approximate surface area is 199 Å². The van der Waals surface area contributed by atoms with E-state index in [1.807, 2.05) is 61.9 Å². The first-order valence-electron chi connectivity index (χ1n) is 11.5. The topological polar surface area (TPSA) is 82.6 Å². The standard InChI is InChI=1S/C24H32N6O2S/c1-4-26-24-27-16-19-22(28-24)29(3)12-13-30(23(19)31)17-7-5-8-18(15-17)32-20(10-11-25-2)21-9-6-14-33-21/h5-8,14-16,20-21,25H,4,9-13H2,1-3H3,(H,26,27,28)/t20-,21?/m1/s1. The smallest absolute Gasteiger partial charge is 0.263 e. The second-order valence-electron chi connectivity index (χ2n) is 8.17. The van der Waals surface area contributed by atoms with Gasteiger partial charge in [-0.1, -0.05) is 12.1 Å². The van der Waals surface area contributed by atoms with Crippen LogP contribution in [0.1, 0.15) is 30.1 Å². The highest BCUT2D eigenvalue weighted by atomic mass is 32.2. The maximum atomic E-state index is 13.5. The SMILES string of the molecule is CCNc1ncc2c(n1)N(C)CCN(c1cccc(O[C@H](CCNC)C3CC=CS3)c1)C2=O. The van der Waals surface area contributed by atoms with Gasteiger partial charge in [-0.15, -0.1) is 11.8 Å². The highest BCUT2D eigenvalue weighted by Crippen LogP contribution is 2.33. The van der Waals surface area contributed by atoms with E-state index < -0.39 is 0 Å². The third-order valence-electron chi connectivity index (χ3n) is 5.83. The highest BCUT2D eigenvalue weighted by molar-refractivity contribution is 8.03. The molecule has 0 saturated heterocycles. The van der Waals surface area contributed by atoms with Crippen molar-refractivity contribution < 1.29 is 9.53 Å². The van der Waals surface area contributed by atoms with Crippen LogP contribution in [-0.2, 0) is 0 Å². The molecule has 0 saturated carbocycles. The number of allylic oxidation sites excluding steroid dienone is 1. The van der Waals surface area contributed by atoms with Crippen molar-refractivity contribution in [2.45, 2.75) is 31.1 Å². The number of amides is 1. The lowest BCUT2D eigenvalue weighted by molar-refractivity contribution is 0.0989. The number of nitrogens with one attached hydrogen (secondary N) is 2. The predicted molar refractivity (Wildman–Crippen MR) is 136 cm³/mol. The molecule has 0 aliphatic carbocycles. The number of nitrogens with zero attached hydrogens (tertiary/aromatic N) is 4. The van der Waals surface area contributed by atoms with E-state index in [9.17, 15) is 4.79 Å². The fraction of sp³-hybridized carbons (Fsp3) is 0.458. The van der Waals surface area contributed by atoms with E-state index in [4.69, 9.17) is 4.74 Å². The Kier molecular flexibility index (Phi) is 7.72. The molecule has 33 heavy (non-hydrogen) atoms. The molecule has 3 heterocycles. The van der Waals surface area contributed by atoms with Crippen LogP contribution < -0.4 is 25.2 Å². The number of carbonyl (C=O) groups excluding carboxylic acids is 1. The van der Waals surface area contributed by atoms with Gasteiger partial charge in [-0.05, 0) is 50.9 Å². The summed E-state index contributed by atoms with van der Waals surface area (Å²) in [6.45, 7) is 4.83. The van der Waals surface area contributed by atoms with Crippen LogP contribution in [0.2, 0.25) is 0 Å². The number of likely N-dealkylation sites (N-methyl/N-ethyl adjacent to an activating group) is 1. The molecule has 2 aromatic rings. The number of carbonyl (C=O) groups is 1. The molecule has 2 atom stereocenters. The van der Waals surface area contributed by atoms with Crippen LogP contribution in [0.15, 0.2) is 41.9 Å². The van der Waals surface area contributed by atoms with Crippen molar-refractivity contribution in [3.8, 4) is 5.75 Å². The Bertz CT molecular complexity index is 993. The van der Waals surface area contributed by atoms with Crippen LogP contribution in [0.4, 0.5) is 17.5 Å². The molecule has 4 rings (SSSR count). The van der Waals surface area contributed by atoms with Gasteiger partial charge >= 0.3 is 0 Å². The minimum atomic E-state index is -0.100. The maximum Gasteiger partial charge on any atom is 0.263 e. The summed E-state index contributed by atoms with van der Waals surface area (Å²) in [6.07, 6.45) is 5.86. The molecule has 1 aromatic heterocycles. The Morgan fingerprint density at radius 2 is 2.21 bits per heavy atom. The molecule has 0 fully saturated rings. The number of benzene rings is 1. The van der Waals surface area contributed by atoms with Gasteiger partial charge in [0.1, 0.15) is 23.2 Å². The molecule has 176 valence electrons. The van der Waals surface area contributed by atoms with Gasteiger partial charge in [0.2, 0.25) is 5.95 Å². The second kappa shape index (κ2) is 10.9. The molecule has 2 N–H and O–H groups in total. The lowest BCUT2D eigenvalue weighted by Crippen LogP contribution is -2.34. The Hall–Kier alpha value is -2.78. The average Bonchev–Trinajstić information content (AvgIpc) is 3.33. The van der Waals surface area contributed by atoms with Crippen molar-refractivity contribution in [1.29, 1.82) is 0 Å². The number of anilines is 3. The van der Waals surface area contributed by atoms with Crippen molar-refractivity contribution in [1.82, 2.24) is 15.3 Å². The summed E-state index contributed by atoms with van der Waals surface area (Å²) < 4.78 is 6.45. The van der Waals surface area contributed by atoms with Gasteiger partial charge in [-0.25, -0.2) is 4.98 Å². The summed E-state index contributed by atoms with van der Waals surface area (Å²) in [5.74, 6) is 1.87. The van der Waals surface area contributed by atoms with Crippen LogP contribution in [0.25, 0.3) is 0 Å². The van der Waals surface area contributed by atoms with E-state index in [1.165, 1.54) is 0 Å². The van der Waals surface area contributed by atoms with E-state index in [-0.39, 0.29) is 12.0 Å². The first-order valence-corrected chi connectivity index (χ1v) is 12.4. The van der Waals surface area contributed by atoms with Crippen molar-refractivity contribution in [2.75, 3.05) is 55.4 Å². The summed E-state index contributed by atoms with van der Waals surface area (Å²) in [7, 11) is 3.92. The third-order valence-corrected chi connectivity index (χ3v) is 7.02. The number of thioether (sulfide) groups is 1. The van der Waals surface area contributed by atoms with Gasteiger partial charge in [0.15, 0.2) is 0 Å². The van der Waals surface area contributed by atoms with Crippen LogP contribution >= 0.6 is 11.8 Å². The normalized spacial score (nSPS) is 18.8. The van der Waals surface area contributed by atoms with Crippen molar-refractivity contribution >= 4 is 35.1 Å². The van der Waals surface area contributed by atoms with Crippen molar-refractivity contribution in [3.63, 3.8) is 0 Å². The molecular weight excluding hydrogens is 436 g/mol. The lowest BCUT2D eigenvalue weighted by atomic mass is 10.1. The molecule has 0 spiro atoms. The fourth-order valence-corrected chi connectivity index (χ4v) is 5.07. The Balaban J connectivity index is 1.56. The van der Waals surface area contributed by atoms with Crippen LogP contribution in [-0.4, -0.2) is 67.5 Å². The van der Waals surface area contributed by atoms with Gasteiger partial charge < -0.3 is 25.2 Å². The molecule has 0 radical (unpaired) electrons. The highest BCUT2D eigenvalue weighted by Gasteiger charge is 2.29. The summed E-state index contributed by atoms with van der Waals surface area (Å²) in [6, 6.07) is 7.85. The summed E-state index contributed by atoms with van der Waals surface area (Å²) >= 11 is 1.83. The van der Waals surface area contributed by atoms with E-state index in [1.54, 1.807) is 11.1 Å². The molecule has 2 aliphatic rings. The molecule has 8 nitrogen and oxygen atoms in total. The minimum Gasteiger partial charge on any atom is -0.489 e. The maximum absolute atomic E-state index is 13.5. The van der Waals surface area contributed by atoms with E-state index >= 15 is 0 Å². The zero-order valence-corrected chi connectivity index (χ0v) is 20.3. The minimum absolute atomic E-state index is 0.0947. The number of hydrogen-bond donors (Lipinski definition) is 2. The van der Waals surface area contributed by atoms with Crippen molar-refractivity contribution in [3.05, 3.63) is 47.5 Å². The molecule has 0 bridgehead atoms. The van der Waals surface area contributed by atoms with Crippen LogP contribution in [0, 0.1) is 0 Å². The Morgan fingerprint density at radius 1 is 1.33 bits per heavy atom. The fourth-order valence-electron chi connectivity index (χ4n) is 4.06. The molecule has 1 aromatic carbocycles. The van der Waals surface area contributed by atoms with E-state index in [0.29, 0.717) is 35.7 Å². The number of rotatable bonds is 9. The monoisotopic (exact) mass is 468 g/mol. The number of fused-ring (bicyclic) bond motifs is 1. The summed E-state index contributed by atoms with van der Waals surface area (Å²) in [5, 5.41) is 8.91. The number of aromatic nitrogens is 2. The molecule has 1 unspecified atom stereocenters. The first kappa shape index (κ1) is 23.4. The van der Waals surface area contributed by atoms with Gasteiger partial charge in [-0.2, -0.15) is 4.98 Å². The predicted octanol–water partition coefficient (Wildman–Crippen LogP) is 3.38. The van der Waals surface area contributed by atoms with Gasteiger partial charge in [0, 0.05) is 49.9 Å². The molecule has 2 aliphatic heterocycles. The van der Waals surface area contributed by atoms with Crippen molar-refractivity contribution in [2.24, 2.45) is 0 Å². The first-order chi connectivity index (χ1) is 16.1. The summed E-state index contributed by atoms with van der Waals surface area (Å²) in [4.78, 5) is 26.2. The summed E-state index contributed by atoms with van der Waals surface area (Å²) in [5.41, 5.74) is 1.32. The van der Waals surface area contributed by atoms with Gasteiger partial charge in [0.05, 0.1) is 0 Å². The molecule has 9 heteroatoms.